The van der Waals surface area contributed by atoms with Crippen LogP contribution in [0.3, 0.4) is 0 Å². The number of anilines is 1. The van der Waals surface area contributed by atoms with Crippen molar-refractivity contribution >= 4 is 17.5 Å². The molecule has 2 fully saturated rings. The summed E-state index contributed by atoms with van der Waals surface area (Å²) in [4.78, 5) is 28.3. The largest absolute Gasteiger partial charge is 0.331 e. The van der Waals surface area contributed by atoms with E-state index in [9.17, 15) is 9.59 Å². The fourth-order valence-electron chi connectivity index (χ4n) is 3.11. The Balaban J connectivity index is 1.94. The number of nitrogens with zero attached hydrogens (tertiary/aromatic N) is 2. The van der Waals surface area contributed by atoms with Crippen LogP contribution in [0.1, 0.15) is 30.4 Å². The van der Waals surface area contributed by atoms with Crippen LogP contribution in [0, 0.1) is 13.8 Å². The lowest BCUT2D eigenvalue weighted by molar-refractivity contribution is -0.135. The van der Waals surface area contributed by atoms with Crippen LogP contribution in [0.4, 0.5) is 5.69 Å². The Bertz CT molecular complexity index is 568. The SMILES string of the molecule is Cc1ccc(N2CCC(=O)N3CCCC3C2=O)cc1C. The van der Waals surface area contributed by atoms with Gasteiger partial charge in [0.15, 0.2) is 0 Å². The molecule has 1 aromatic carbocycles. The van der Waals surface area contributed by atoms with Gasteiger partial charge in [-0.2, -0.15) is 0 Å². The van der Waals surface area contributed by atoms with Crippen molar-refractivity contribution in [2.24, 2.45) is 0 Å². The number of amides is 2. The third-order valence-corrected chi connectivity index (χ3v) is 4.48. The van der Waals surface area contributed by atoms with E-state index in [1.54, 1.807) is 9.80 Å². The lowest BCUT2D eigenvalue weighted by Crippen LogP contribution is -2.43. The minimum atomic E-state index is -0.244. The fraction of sp³-hybridized carbons (Fsp3) is 0.500. The quantitative estimate of drug-likeness (QED) is 0.785. The first kappa shape index (κ1) is 13.2. The second kappa shape index (κ2) is 4.93. The second-order valence-electron chi connectivity index (χ2n) is 5.75. The van der Waals surface area contributed by atoms with E-state index >= 15 is 0 Å². The molecule has 20 heavy (non-hydrogen) atoms. The molecule has 0 aliphatic carbocycles. The van der Waals surface area contributed by atoms with Crippen molar-refractivity contribution in [1.82, 2.24) is 4.90 Å². The smallest absolute Gasteiger partial charge is 0.249 e. The molecule has 0 bridgehead atoms. The summed E-state index contributed by atoms with van der Waals surface area (Å²) in [7, 11) is 0. The molecule has 0 aromatic heterocycles. The molecule has 4 nitrogen and oxygen atoms in total. The van der Waals surface area contributed by atoms with Gasteiger partial charge in [-0.25, -0.2) is 0 Å². The average molecular weight is 272 g/mol. The summed E-state index contributed by atoms with van der Waals surface area (Å²) in [6.45, 7) is 5.34. The Hall–Kier alpha value is -1.84. The van der Waals surface area contributed by atoms with Gasteiger partial charge in [0.2, 0.25) is 11.8 Å². The average Bonchev–Trinajstić information content (AvgIpc) is 2.87. The zero-order valence-corrected chi connectivity index (χ0v) is 12.1. The van der Waals surface area contributed by atoms with Crippen LogP contribution in [0.15, 0.2) is 18.2 Å². The molecule has 2 heterocycles. The van der Waals surface area contributed by atoms with E-state index in [0.717, 1.165) is 25.1 Å². The first-order chi connectivity index (χ1) is 9.58. The van der Waals surface area contributed by atoms with E-state index in [1.165, 1.54) is 11.1 Å². The summed E-state index contributed by atoms with van der Waals surface area (Å²) in [6, 6.07) is 5.82. The summed E-state index contributed by atoms with van der Waals surface area (Å²) in [5, 5.41) is 0. The topological polar surface area (TPSA) is 40.6 Å². The monoisotopic (exact) mass is 272 g/mol. The lowest BCUT2D eigenvalue weighted by Gasteiger charge is -2.25. The number of rotatable bonds is 1. The second-order valence-corrected chi connectivity index (χ2v) is 5.75. The maximum Gasteiger partial charge on any atom is 0.249 e. The first-order valence-corrected chi connectivity index (χ1v) is 7.26. The molecule has 0 radical (unpaired) electrons. The number of fused-ring (bicyclic) bond motifs is 1. The van der Waals surface area contributed by atoms with Gasteiger partial charge in [-0.3, -0.25) is 9.59 Å². The Morgan fingerprint density at radius 3 is 2.65 bits per heavy atom. The normalized spacial score (nSPS) is 23.0. The molecule has 0 spiro atoms. The zero-order chi connectivity index (χ0) is 14.3. The molecule has 106 valence electrons. The molecule has 1 aromatic rings. The van der Waals surface area contributed by atoms with E-state index in [-0.39, 0.29) is 17.9 Å². The van der Waals surface area contributed by atoms with Crippen molar-refractivity contribution in [3.63, 3.8) is 0 Å². The predicted octanol–water partition coefficient (Wildman–Crippen LogP) is 2.03. The van der Waals surface area contributed by atoms with Crippen molar-refractivity contribution < 1.29 is 9.59 Å². The maximum absolute atomic E-state index is 12.7. The van der Waals surface area contributed by atoms with Gasteiger partial charge in [-0.05, 0) is 49.9 Å². The standard InChI is InChI=1S/C16H20N2O2/c1-11-5-6-13(10-12(11)2)17-9-7-15(19)18-8-3-4-14(18)16(17)20/h5-6,10,14H,3-4,7-9H2,1-2H3. The highest BCUT2D eigenvalue weighted by molar-refractivity contribution is 6.01. The van der Waals surface area contributed by atoms with E-state index in [0.29, 0.717) is 13.0 Å². The molecule has 1 unspecified atom stereocenters. The summed E-state index contributed by atoms with van der Waals surface area (Å²) in [5.41, 5.74) is 3.31. The number of hydrogen-bond acceptors (Lipinski definition) is 2. The molecule has 0 saturated carbocycles. The minimum Gasteiger partial charge on any atom is -0.331 e. The van der Waals surface area contributed by atoms with Crippen LogP contribution in [0.25, 0.3) is 0 Å². The number of hydrogen-bond donors (Lipinski definition) is 0. The molecular weight excluding hydrogens is 252 g/mol. The van der Waals surface area contributed by atoms with Crippen LogP contribution < -0.4 is 4.90 Å². The zero-order valence-electron chi connectivity index (χ0n) is 12.1. The van der Waals surface area contributed by atoms with E-state index in [2.05, 4.69) is 6.92 Å². The molecule has 2 aliphatic heterocycles. The van der Waals surface area contributed by atoms with Crippen molar-refractivity contribution in [1.29, 1.82) is 0 Å². The third kappa shape index (κ3) is 2.09. The minimum absolute atomic E-state index is 0.0802. The number of carbonyl (C=O) groups excluding carboxylic acids is 2. The van der Waals surface area contributed by atoms with Gasteiger partial charge in [0, 0.05) is 25.2 Å². The highest BCUT2D eigenvalue weighted by Crippen LogP contribution is 2.27. The molecule has 2 amide bonds. The number of aryl methyl sites for hydroxylation is 2. The van der Waals surface area contributed by atoms with Gasteiger partial charge in [-0.15, -0.1) is 0 Å². The van der Waals surface area contributed by atoms with Gasteiger partial charge in [0.25, 0.3) is 0 Å². The van der Waals surface area contributed by atoms with Gasteiger partial charge in [0.1, 0.15) is 6.04 Å². The fourth-order valence-corrected chi connectivity index (χ4v) is 3.11. The van der Waals surface area contributed by atoms with E-state index in [1.807, 2.05) is 25.1 Å². The molecular formula is C16H20N2O2. The molecule has 1 atom stereocenters. The molecule has 4 heteroatoms. The summed E-state index contributed by atoms with van der Waals surface area (Å²) in [5.74, 6) is 0.198. The Morgan fingerprint density at radius 2 is 1.90 bits per heavy atom. The van der Waals surface area contributed by atoms with Crippen molar-refractivity contribution in [2.75, 3.05) is 18.0 Å². The van der Waals surface area contributed by atoms with Crippen LogP contribution in [-0.4, -0.2) is 35.8 Å². The van der Waals surface area contributed by atoms with Crippen molar-refractivity contribution in [3.05, 3.63) is 29.3 Å². The van der Waals surface area contributed by atoms with Crippen molar-refractivity contribution in [2.45, 2.75) is 39.2 Å². The van der Waals surface area contributed by atoms with Crippen LogP contribution >= 0.6 is 0 Å². The molecule has 3 rings (SSSR count). The third-order valence-electron chi connectivity index (χ3n) is 4.48. The van der Waals surface area contributed by atoms with Gasteiger partial charge in [0.05, 0.1) is 0 Å². The number of carbonyl (C=O) groups is 2. The first-order valence-electron chi connectivity index (χ1n) is 7.26. The molecule has 2 aliphatic rings. The highest BCUT2D eigenvalue weighted by Gasteiger charge is 2.39. The predicted molar refractivity (Wildman–Crippen MR) is 77.6 cm³/mol. The summed E-state index contributed by atoms with van der Waals surface area (Å²) < 4.78 is 0. The Morgan fingerprint density at radius 1 is 1.10 bits per heavy atom. The summed E-state index contributed by atoms with van der Waals surface area (Å²) >= 11 is 0. The maximum atomic E-state index is 12.7. The highest BCUT2D eigenvalue weighted by atomic mass is 16.2. The van der Waals surface area contributed by atoms with E-state index in [4.69, 9.17) is 0 Å². The Labute approximate surface area is 119 Å². The van der Waals surface area contributed by atoms with Gasteiger partial charge in [-0.1, -0.05) is 6.07 Å². The van der Waals surface area contributed by atoms with Crippen LogP contribution in [0.2, 0.25) is 0 Å². The molecule has 2 saturated heterocycles. The van der Waals surface area contributed by atoms with Crippen LogP contribution in [-0.2, 0) is 9.59 Å². The lowest BCUT2D eigenvalue weighted by atomic mass is 10.1. The van der Waals surface area contributed by atoms with Gasteiger partial charge < -0.3 is 9.80 Å². The summed E-state index contributed by atoms with van der Waals surface area (Å²) in [6.07, 6.45) is 2.16. The molecule has 0 N–H and O–H groups in total. The van der Waals surface area contributed by atoms with Crippen molar-refractivity contribution in [3.8, 4) is 0 Å². The van der Waals surface area contributed by atoms with Crippen LogP contribution in [0.5, 0.6) is 0 Å². The Kier molecular flexibility index (Phi) is 3.24. The van der Waals surface area contributed by atoms with Gasteiger partial charge >= 0.3 is 0 Å². The van der Waals surface area contributed by atoms with E-state index < -0.39 is 0 Å². The number of benzene rings is 1.